The molecule has 1 aromatic carbocycles. The van der Waals surface area contributed by atoms with Gasteiger partial charge >= 0.3 is 0 Å². The molecule has 0 saturated heterocycles. The van der Waals surface area contributed by atoms with E-state index in [0.717, 1.165) is 27.5 Å². The fraction of sp³-hybridized carbons (Fsp3) is 0.0588. The van der Waals surface area contributed by atoms with E-state index >= 15 is 0 Å². The predicted molar refractivity (Wildman–Crippen MR) is 80.0 cm³/mol. The Labute approximate surface area is 150 Å². The van der Waals surface area contributed by atoms with Crippen molar-refractivity contribution in [3.8, 4) is 23.1 Å². The number of H-pyrrole nitrogens is 2. The number of rotatable bonds is 1. The number of hydrogen-bond donors (Lipinski definition) is 0. The molecule has 0 radical (unpaired) electrons. The minimum Gasteiger partial charge on any atom is -1.00 e. The number of benzene rings is 1. The highest BCUT2D eigenvalue weighted by molar-refractivity contribution is 7.09. The highest BCUT2D eigenvalue weighted by Gasteiger charge is 2.05. The van der Waals surface area contributed by atoms with Crippen molar-refractivity contribution in [3.05, 3.63) is 70.1 Å². The van der Waals surface area contributed by atoms with Gasteiger partial charge in [-0.1, -0.05) is 11.3 Å². The highest BCUT2D eigenvalue weighted by atomic mass is 35.5. The maximum atomic E-state index is 12.9. The van der Waals surface area contributed by atoms with Crippen molar-refractivity contribution < 1.29 is 39.2 Å². The van der Waals surface area contributed by atoms with Gasteiger partial charge in [-0.25, -0.2) is 9.37 Å². The van der Waals surface area contributed by atoms with Crippen molar-refractivity contribution in [2.24, 2.45) is 0 Å². The lowest BCUT2D eigenvalue weighted by atomic mass is 10.1. The second-order valence-electron chi connectivity index (χ2n) is 4.58. The van der Waals surface area contributed by atoms with E-state index in [4.69, 9.17) is 0 Å². The third-order valence-corrected chi connectivity index (χ3v) is 3.78. The van der Waals surface area contributed by atoms with Gasteiger partial charge in [-0.3, -0.25) is 0 Å². The van der Waals surface area contributed by atoms with Crippen molar-refractivity contribution in [3.63, 3.8) is 0 Å². The molecule has 3 rings (SSSR count). The van der Waals surface area contributed by atoms with Crippen LogP contribution in [0.3, 0.4) is 0 Å². The number of aryl methyl sites for hydroxylation is 1. The van der Waals surface area contributed by atoms with Gasteiger partial charge in [-0.2, -0.15) is 4.98 Å². The first-order chi connectivity index (χ1) is 10.2. The molecule has 2 N–H and O–H groups in total. The molecule has 118 valence electrons. The van der Waals surface area contributed by atoms with E-state index in [1.54, 1.807) is 23.5 Å². The molecule has 6 heteroatoms. The van der Waals surface area contributed by atoms with Crippen LogP contribution in [0.5, 0.6) is 0 Å². The molecule has 2 nitrogen and oxygen atoms in total. The summed E-state index contributed by atoms with van der Waals surface area (Å²) in [6, 6.07) is 10.3. The normalized spacial score (nSPS) is 9.13. The van der Waals surface area contributed by atoms with Gasteiger partial charge < -0.3 is 24.8 Å². The van der Waals surface area contributed by atoms with Crippen LogP contribution in [0.4, 0.5) is 4.39 Å². The molecule has 0 fully saturated rings. The number of nitrogens with one attached hydrogen (secondary N) is 2. The maximum Gasteiger partial charge on any atom is 0.266 e. The number of aromatic amines is 2. The Kier molecular flexibility index (Phi) is 7.18. The Morgan fingerprint density at radius 3 is 2.30 bits per heavy atom. The van der Waals surface area contributed by atoms with Crippen molar-refractivity contribution in [1.29, 1.82) is 0 Å². The van der Waals surface area contributed by atoms with E-state index in [1.165, 1.54) is 12.1 Å². The van der Waals surface area contributed by atoms with Crippen LogP contribution >= 0.6 is 11.3 Å². The van der Waals surface area contributed by atoms with E-state index < -0.39 is 0 Å². The summed E-state index contributed by atoms with van der Waals surface area (Å²) in [5.41, 5.74) is 3.69. The summed E-state index contributed by atoms with van der Waals surface area (Å²) in [7, 11) is 0. The fourth-order valence-corrected chi connectivity index (χ4v) is 2.49. The minimum absolute atomic E-state index is 0. The van der Waals surface area contributed by atoms with Crippen LogP contribution in [0.2, 0.25) is 0 Å². The zero-order valence-electron chi connectivity index (χ0n) is 12.2. The monoisotopic (exact) mass is 366 g/mol. The second-order valence-corrected chi connectivity index (χ2v) is 5.66. The molecule has 2 aromatic heterocycles. The number of thiazole rings is 1. The zero-order valence-corrected chi connectivity index (χ0v) is 14.5. The van der Waals surface area contributed by atoms with Crippen LogP contribution in [0.15, 0.2) is 48.0 Å². The Morgan fingerprint density at radius 1 is 1.00 bits per heavy atom. The third-order valence-electron chi connectivity index (χ3n) is 2.97. The third kappa shape index (κ3) is 5.04. The number of pyridine rings is 1. The first-order valence-electron chi connectivity index (χ1n) is 6.48. The summed E-state index contributed by atoms with van der Waals surface area (Å²) in [5, 5.41) is 3.14. The molecule has 0 aliphatic carbocycles. The Bertz CT molecular complexity index is 818. The molecule has 0 bridgehead atoms. The minimum atomic E-state index is -0.233. The molecule has 0 unspecified atom stereocenters. The van der Waals surface area contributed by atoms with Gasteiger partial charge in [-0.15, -0.1) is 0 Å². The summed E-state index contributed by atoms with van der Waals surface area (Å²) >= 11 is 1.64. The molecule has 3 aromatic rings. The van der Waals surface area contributed by atoms with Crippen LogP contribution in [0.25, 0.3) is 11.3 Å². The smallest absolute Gasteiger partial charge is 0.266 e. The summed E-state index contributed by atoms with van der Waals surface area (Å²) in [6.45, 7) is 2.01. The van der Waals surface area contributed by atoms with E-state index in [9.17, 15) is 4.39 Å². The van der Waals surface area contributed by atoms with Gasteiger partial charge in [0.05, 0.1) is 10.9 Å². The molecule has 2 heterocycles. The van der Waals surface area contributed by atoms with E-state index in [0.29, 0.717) is 0 Å². The van der Waals surface area contributed by atoms with E-state index in [1.807, 2.05) is 30.6 Å². The maximum absolute atomic E-state index is 12.9. The molecule has 0 spiro atoms. The van der Waals surface area contributed by atoms with Crippen molar-refractivity contribution in [2.75, 3.05) is 0 Å². The van der Waals surface area contributed by atoms with Crippen molar-refractivity contribution in [1.82, 2.24) is 0 Å². The molecule has 0 amide bonds. The molecular formula is C17H13Cl2FN2S. The molecule has 0 aliphatic rings. The van der Waals surface area contributed by atoms with Gasteiger partial charge in [0, 0.05) is 24.5 Å². The number of aromatic nitrogens is 2. The molecule has 23 heavy (non-hydrogen) atoms. The SMILES string of the molecule is Cc1[nH+]c(C#Cc2ccc(-c3ccc(F)cc3)[nH+]c2)cs1.[Cl-].[Cl-]. The topological polar surface area (TPSA) is 28.3 Å². The van der Waals surface area contributed by atoms with Crippen molar-refractivity contribution >= 4 is 11.3 Å². The summed E-state index contributed by atoms with van der Waals surface area (Å²) in [5.74, 6) is 5.95. The van der Waals surface area contributed by atoms with Gasteiger partial charge in [0.2, 0.25) is 10.7 Å². The zero-order chi connectivity index (χ0) is 14.7. The summed E-state index contributed by atoms with van der Waals surface area (Å²) in [4.78, 5) is 6.37. The van der Waals surface area contributed by atoms with Gasteiger partial charge in [0.1, 0.15) is 5.82 Å². The molecule has 0 saturated carbocycles. The van der Waals surface area contributed by atoms with Crippen LogP contribution in [-0.4, -0.2) is 0 Å². The first-order valence-corrected chi connectivity index (χ1v) is 7.36. The molecule has 0 atom stereocenters. The summed E-state index contributed by atoms with van der Waals surface area (Å²) in [6.07, 6.45) is 1.85. The Balaban J connectivity index is 0.00000132. The lowest BCUT2D eigenvalue weighted by Crippen LogP contribution is -3.00. The Morgan fingerprint density at radius 2 is 1.74 bits per heavy atom. The molecular weight excluding hydrogens is 354 g/mol. The Hall–Kier alpha value is -1.93. The largest absolute Gasteiger partial charge is 1.00 e. The van der Waals surface area contributed by atoms with Gasteiger partial charge in [0.25, 0.3) is 5.69 Å². The van der Waals surface area contributed by atoms with Gasteiger partial charge in [-0.05, 0) is 36.3 Å². The molecule has 0 aliphatic heterocycles. The lowest BCUT2D eigenvalue weighted by Gasteiger charge is -1.95. The first kappa shape index (κ1) is 19.1. The lowest BCUT2D eigenvalue weighted by molar-refractivity contribution is -0.383. The van der Waals surface area contributed by atoms with Crippen LogP contribution in [0.1, 0.15) is 16.3 Å². The van der Waals surface area contributed by atoms with Crippen LogP contribution in [-0.2, 0) is 0 Å². The fourth-order valence-electron chi connectivity index (χ4n) is 1.91. The average Bonchev–Trinajstić information content (AvgIpc) is 2.92. The number of hydrogen-bond acceptors (Lipinski definition) is 1. The quantitative estimate of drug-likeness (QED) is 0.408. The van der Waals surface area contributed by atoms with Crippen LogP contribution < -0.4 is 34.8 Å². The standard InChI is InChI=1S/C17H11FN2S.2ClH/c1-12-20-16(11-21-12)8-2-13-3-9-17(19-10-13)14-4-6-15(18)7-5-14;;/h3-7,9-11H,1H3;2*1H. The highest BCUT2D eigenvalue weighted by Crippen LogP contribution is 2.14. The van der Waals surface area contributed by atoms with E-state index in [2.05, 4.69) is 21.8 Å². The van der Waals surface area contributed by atoms with Gasteiger partial charge in [0.15, 0.2) is 6.20 Å². The van der Waals surface area contributed by atoms with E-state index in [-0.39, 0.29) is 30.6 Å². The van der Waals surface area contributed by atoms with Crippen LogP contribution in [0, 0.1) is 24.6 Å². The average molecular weight is 367 g/mol. The summed E-state index contributed by atoms with van der Waals surface area (Å²) < 4.78 is 12.9. The predicted octanol–water partition coefficient (Wildman–Crippen LogP) is -3.10. The second kappa shape index (κ2) is 8.64. The van der Waals surface area contributed by atoms with Crippen molar-refractivity contribution in [2.45, 2.75) is 6.92 Å². The number of halogens is 3.